The summed E-state index contributed by atoms with van der Waals surface area (Å²) in [6.45, 7) is 1.41. The molecule has 0 aliphatic heterocycles. The standard InChI is InChI=1S/C20H24N2O2/c1-22(2)14-13-21-20(23)19(17-7-5-4-6-8-17)15-16-9-11-18(24-3)12-10-16/h4-12,15H,13-14H2,1-3H3,(H,21,23)/b19-15+. The second-order valence-electron chi connectivity index (χ2n) is 5.76. The minimum absolute atomic E-state index is 0.0705. The van der Waals surface area contributed by atoms with Gasteiger partial charge >= 0.3 is 0 Å². The van der Waals surface area contributed by atoms with Crippen molar-refractivity contribution < 1.29 is 9.53 Å². The van der Waals surface area contributed by atoms with Crippen molar-refractivity contribution in [3.8, 4) is 5.75 Å². The lowest BCUT2D eigenvalue weighted by Gasteiger charge is -2.12. The normalized spacial score (nSPS) is 11.4. The molecule has 4 nitrogen and oxygen atoms in total. The average Bonchev–Trinajstić information content (AvgIpc) is 2.60. The van der Waals surface area contributed by atoms with Gasteiger partial charge in [0.1, 0.15) is 5.75 Å². The largest absolute Gasteiger partial charge is 0.497 e. The minimum atomic E-state index is -0.0705. The van der Waals surface area contributed by atoms with Crippen LogP contribution in [-0.4, -0.2) is 45.1 Å². The highest BCUT2D eigenvalue weighted by atomic mass is 16.5. The van der Waals surface area contributed by atoms with Crippen LogP contribution in [0.1, 0.15) is 11.1 Å². The van der Waals surface area contributed by atoms with Crippen LogP contribution in [0.2, 0.25) is 0 Å². The summed E-state index contributed by atoms with van der Waals surface area (Å²) in [4.78, 5) is 14.7. The number of hydrogen-bond donors (Lipinski definition) is 1. The Morgan fingerprint density at radius 2 is 1.75 bits per heavy atom. The second-order valence-corrected chi connectivity index (χ2v) is 5.76. The third kappa shape index (κ3) is 5.25. The zero-order chi connectivity index (χ0) is 17.4. The SMILES string of the molecule is COc1ccc(/C=C(/C(=O)NCCN(C)C)c2ccccc2)cc1. The van der Waals surface area contributed by atoms with E-state index < -0.39 is 0 Å². The third-order valence-corrected chi connectivity index (χ3v) is 3.60. The predicted molar refractivity (Wildman–Crippen MR) is 98.9 cm³/mol. The number of nitrogens with one attached hydrogen (secondary N) is 1. The van der Waals surface area contributed by atoms with E-state index in [1.165, 1.54) is 0 Å². The molecule has 0 aliphatic carbocycles. The Morgan fingerprint density at radius 1 is 1.08 bits per heavy atom. The molecule has 0 saturated heterocycles. The first kappa shape index (κ1) is 17.8. The van der Waals surface area contributed by atoms with Crippen molar-refractivity contribution in [2.24, 2.45) is 0 Å². The van der Waals surface area contributed by atoms with Gasteiger partial charge in [0.25, 0.3) is 5.91 Å². The minimum Gasteiger partial charge on any atom is -0.497 e. The number of likely N-dealkylation sites (N-methyl/N-ethyl adjacent to an activating group) is 1. The topological polar surface area (TPSA) is 41.6 Å². The Bertz CT molecular complexity index is 677. The Hall–Kier alpha value is -2.59. The molecule has 0 saturated carbocycles. The molecule has 0 spiro atoms. The molecule has 1 N–H and O–H groups in total. The van der Waals surface area contributed by atoms with Crippen LogP contribution in [0.4, 0.5) is 0 Å². The maximum Gasteiger partial charge on any atom is 0.251 e. The fourth-order valence-electron chi connectivity index (χ4n) is 2.25. The Kier molecular flexibility index (Phi) is 6.58. The summed E-state index contributed by atoms with van der Waals surface area (Å²) in [5, 5.41) is 2.98. The Labute approximate surface area is 143 Å². The highest BCUT2D eigenvalue weighted by Gasteiger charge is 2.11. The van der Waals surface area contributed by atoms with Gasteiger partial charge in [0.05, 0.1) is 7.11 Å². The molecule has 2 rings (SSSR count). The molecular formula is C20H24N2O2. The van der Waals surface area contributed by atoms with Crippen LogP contribution in [-0.2, 0) is 4.79 Å². The van der Waals surface area contributed by atoms with Crippen LogP contribution < -0.4 is 10.1 Å². The van der Waals surface area contributed by atoms with Gasteiger partial charge in [-0.05, 0) is 43.4 Å². The van der Waals surface area contributed by atoms with Crippen LogP contribution in [0, 0.1) is 0 Å². The van der Waals surface area contributed by atoms with Gasteiger partial charge in [-0.3, -0.25) is 4.79 Å². The maximum atomic E-state index is 12.6. The molecule has 2 aromatic rings. The lowest BCUT2D eigenvalue weighted by Crippen LogP contribution is -2.31. The van der Waals surface area contributed by atoms with E-state index in [4.69, 9.17) is 4.74 Å². The molecule has 1 amide bonds. The van der Waals surface area contributed by atoms with Gasteiger partial charge in [-0.1, -0.05) is 42.5 Å². The second kappa shape index (κ2) is 8.89. The van der Waals surface area contributed by atoms with Gasteiger partial charge in [-0.25, -0.2) is 0 Å². The fraction of sp³-hybridized carbons (Fsp3) is 0.250. The average molecular weight is 324 g/mol. The molecule has 0 fully saturated rings. The van der Waals surface area contributed by atoms with E-state index in [-0.39, 0.29) is 5.91 Å². The molecule has 0 radical (unpaired) electrons. The molecule has 126 valence electrons. The summed E-state index contributed by atoms with van der Waals surface area (Å²) in [5.74, 6) is 0.725. The van der Waals surface area contributed by atoms with E-state index in [2.05, 4.69) is 5.32 Å². The van der Waals surface area contributed by atoms with E-state index >= 15 is 0 Å². The van der Waals surface area contributed by atoms with E-state index in [9.17, 15) is 4.79 Å². The number of carbonyl (C=O) groups is 1. The lowest BCUT2D eigenvalue weighted by molar-refractivity contribution is -0.115. The first-order valence-corrected chi connectivity index (χ1v) is 7.94. The van der Waals surface area contributed by atoms with E-state index in [1.807, 2.05) is 79.7 Å². The van der Waals surface area contributed by atoms with Crippen molar-refractivity contribution in [1.29, 1.82) is 0 Å². The number of benzene rings is 2. The van der Waals surface area contributed by atoms with Gasteiger partial charge < -0.3 is 15.0 Å². The van der Waals surface area contributed by atoms with Gasteiger partial charge in [-0.2, -0.15) is 0 Å². The molecule has 0 aromatic heterocycles. The molecule has 24 heavy (non-hydrogen) atoms. The number of ether oxygens (including phenoxy) is 1. The summed E-state index contributed by atoms with van der Waals surface area (Å²) in [6, 6.07) is 17.4. The summed E-state index contributed by atoms with van der Waals surface area (Å²) in [6.07, 6.45) is 1.90. The number of carbonyl (C=O) groups excluding carboxylic acids is 1. The lowest BCUT2D eigenvalue weighted by atomic mass is 10.0. The van der Waals surface area contributed by atoms with Crippen molar-refractivity contribution in [3.05, 3.63) is 65.7 Å². The summed E-state index contributed by atoms with van der Waals surface area (Å²) in [5.41, 5.74) is 2.51. The Balaban J connectivity index is 2.25. The monoisotopic (exact) mass is 324 g/mol. The molecule has 0 unspecified atom stereocenters. The first-order valence-electron chi connectivity index (χ1n) is 7.94. The zero-order valence-electron chi connectivity index (χ0n) is 14.5. The van der Waals surface area contributed by atoms with Crippen molar-refractivity contribution in [2.45, 2.75) is 0 Å². The molecule has 0 heterocycles. The molecular weight excluding hydrogens is 300 g/mol. The van der Waals surface area contributed by atoms with Crippen LogP contribution in [0.15, 0.2) is 54.6 Å². The van der Waals surface area contributed by atoms with Crippen molar-refractivity contribution >= 4 is 17.6 Å². The molecule has 4 heteroatoms. The molecule has 0 atom stereocenters. The fourth-order valence-corrected chi connectivity index (χ4v) is 2.25. The van der Waals surface area contributed by atoms with Crippen molar-refractivity contribution in [1.82, 2.24) is 10.2 Å². The zero-order valence-corrected chi connectivity index (χ0v) is 14.5. The van der Waals surface area contributed by atoms with Crippen molar-refractivity contribution in [2.75, 3.05) is 34.3 Å². The predicted octanol–water partition coefficient (Wildman–Crippen LogP) is 2.91. The van der Waals surface area contributed by atoms with E-state index in [1.54, 1.807) is 7.11 Å². The number of methoxy groups -OCH3 is 1. The summed E-state index contributed by atoms with van der Waals surface area (Å²) in [7, 11) is 5.60. The molecule has 0 bridgehead atoms. The van der Waals surface area contributed by atoms with E-state index in [0.29, 0.717) is 12.1 Å². The third-order valence-electron chi connectivity index (χ3n) is 3.60. The van der Waals surface area contributed by atoms with E-state index in [0.717, 1.165) is 23.4 Å². The maximum absolute atomic E-state index is 12.6. The van der Waals surface area contributed by atoms with Crippen LogP contribution in [0.5, 0.6) is 5.75 Å². The molecule has 0 aliphatic rings. The summed E-state index contributed by atoms with van der Waals surface area (Å²) < 4.78 is 5.18. The van der Waals surface area contributed by atoms with Crippen LogP contribution in [0.25, 0.3) is 11.6 Å². The Morgan fingerprint density at radius 3 is 2.33 bits per heavy atom. The molecule has 2 aromatic carbocycles. The quantitative estimate of drug-likeness (QED) is 0.629. The number of hydrogen-bond acceptors (Lipinski definition) is 3. The van der Waals surface area contributed by atoms with Crippen molar-refractivity contribution in [3.63, 3.8) is 0 Å². The smallest absolute Gasteiger partial charge is 0.251 e. The highest BCUT2D eigenvalue weighted by molar-refractivity contribution is 6.24. The number of amides is 1. The van der Waals surface area contributed by atoms with Gasteiger partial charge in [-0.15, -0.1) is 0 Å². The van der Waals surface area contributed by atoms with Gasteiger partial charge in [0.15, 0.2) is 0 Å². The first-order chi connectivity index (χ1) is 11.6. The van der Waals surface area contributed by atoms with Gasteiger partial charge in [0, 0.05) is 18.7 Å². The number of nitrogens with zero attached hydrogens (tertiary/aromatic N) is 1. The summed E-state index contributed by atoms with van der Waals surface area (Å²) >= 11 is 0. The number of rotatable bonds is 7. The highest BCUT2D eigenvalue weighted by Crippen LogP contribution is 2.20. The van der Waals surface area contributed by atoms with Gasteiger partial charge in [0.2, 0.25) is 0 Å². The van der Waals surface area contributed by atoms with Crippen LogP contribution >= 0.6 is 0 Å². The van der Waals surface area contributed by atoms with Crippen LogP contribution in [0.3, 0.4) is 0 Å².